The zero-order chi connectivity index (χ0) is 11.6. The standard InChI is InChI=1S/C9H9F2NO3/c1-4-5(9(14)15-2)3-6(7(10)11)8(13)12-4/h3,7H,1-2H3,(H,12,13). The number of nitrogens with one attached hydrogen (secondary N) is 1. The van der Waals surface area contributed by atoms with Crippen LogP contribution in [-0.2, 0) is 4.74 Å². The maximum Gasteiger partial charge on any atom is 0.339 e. The Balaban J connectivity index is 3.36. The van der Waals surface area contributed by atoms with Crippen molar-refractivity contribution in [1.29, 1.82) is 0 Å². The molecule has 0 unspecified atom stereocenters. The van der Waals surface area contributed by atoms with E-state index in [1.165, 1.54) is 6.92 Å². The average Bonchev–Trinajstić information content (AvgIpc) is 2.16. The zero-order valence-corrected chi connectivity index (χ0v) is 8.14. The zero-order valence-electron chi connectivity index (χ0n) is 8.14. The molecule has 1 aromatic heterocycles. The first-order valence-electron chi connectivity index (χ1n) is 4.07. The Kier molecular flexibility index (Phi) is 3.18. The van der Waals surface area contributed by atoms with Gasteiger partial charge in [-0.1, -0.05) is 0 Å². The van der Waals surface area contributed by atoms with Crippen LogP contribution in [0.5, 0.6) is 0 Å². The van der Waals surface area contributed by atoms with Gasteiger partial charge in [0.1, 0.15) is 0 Å². The Morgan fingerprint density at radius 2 is 2.13 bits per heavy atom. The Bertz CT molecular complexity index is 439. The van der Waals surface area contributed by atoms with Gasteiger partial charge in [-0.2, -0.15) is 0 Å². The molecule has 0 fully saturated rings. The molecule has 4 nitrogen and oxygen atoms in total. The highest BCUT2D eigenvalue weighted by atomic mass is 19.3. The number of carbonyl (C=O) groups excluding carboxylic acids is 1. The summed E-state index contributed by atoms with van der Waals surface area (Å²) in [6.07, 6.45) is -2.92. The maximum atomic E-state index is 12.3. The van der Waals surface area contributed by atoms with E-state index in [1.54, 1.807) is 0 Å². The molecule has 15 heavy (non-hydrogen) atoms. The molecule has 82 valence electrons. The number of halogens is 2. The third-order valence-electron chi connectivity index (χ3n) is 1.91. The quantitative estimate of drug-likeness (QED) is 0.762. The van der Waals surface area contributed by atoms with Gasteiger partial charge in [-0.05, 0) is 13.0 Å². The second-order valence-corrected chi connectivity index (χ2v) is 2.88. The van der Waals surface area contributed by atoms with E-state index in [0.29, 0.717) is 0 Å². The van der Waals surface area contributed by atoms with E-state index in [9.17, 15) is 18.4 Å². The second kappa shape index (κ2) is 4.20. The number of aromatic nitrogens is 1. The number of esters is 1. The van der Waals surface area contributed by atoms with E-state index in [-0.39, 0.29) is 11.3 Å². The molecule has 0 saturated carbocycles. The fraction of sp³-hybridized carbons (Fsp3) is 0.333. The molecule has 0 aliphatic rings. The van der Waals surface area contributed by atoms with Gasteiger partial charge >= 0.3 is 5.97 Å². The number of aryl methyl sites for hydroxylation is 1. The molecule has 1 aromatic rings. The molecule has 0 bridgehead atoms. The van der Waals surface area contributed by atoms with Crippen LogP contribution in [0, 0.1) is 6.92 Å². The Morgan fingerprint density at radius 1 is 1.53 bits per heavy atom. The Labute approximate surface area is 83.9 Å². The van der Waals surface area contributed by atoms with Gasteiger partial charge in [0.05, 0.1) is 18.2 Å². The van der Waals surface area contributed by atoms with Crippen molar-refractivity contribution in [2.45, 2.75) is 13.3 Å². The number of ether oxygens (including phenoxy) is 1. The lowest BCUT2D eigenvalue weighted by atomic mass is 10.1. The molecular formula is C9H9F2NO3. The van der Waals surface area contributed by atoms with Crippen molar-refractivity contribution in [2.75, 3.05) is 7.11 Å². The summed E-state index contributed by atoms with van der Waals surface area (Å²) in [5.41, 5.74) is -1.49. The van der Waals surface area contributed by atoms with Crippen molar-refractivity contribution in [2.24, 2.45) is 0 Å². The lowest BCUT2D eigenvalue weighted by Gasteiger charge is -2.05. The van der Waals surface area contributed by atoms with Gasteiger partial charge in [-0.15, -0.1) is 0 Å². The number of hydrogen-bond acceptors (Lipinski definition) is 3. The Hall–Kier alpha value is -1.72. The summed E-state index contributed by atoms with van der Waals surface area (Å²) >= 11 is 0. The highest BCUT2D eigenvalue weighted by Gasteiger charge is 2.18. The molecule has 0 radical (unpaired) electrons. The van der Waals surface area contributed by atoms with E-state index in [0.717, 1.165) is 13.2 Å². The summed E-state index contributed by atoms with van der Waals surface area (Å²) in [4.78, 5) is 24.4. The lowest BCUT2D eigenvalue weighted by molar-refractivity contribution is 0.0598. The summed E-state index contributed by atoms with van der Waals surface area (Å²) in [6.45, 7) is 1.43. The Morgan fingerprint density at radius 3 is 2.60 bits per heavy atom. The minimum Gasteiger partial charge on any atom is -0.465 e. The summed E-state index contributed by atoms with van der Waals surface area (Å²) in [7, 11) is 1.13. The van der Waals surface area contributed by atoms with Gasteiger partial charge in [-0.3, -0.25) is 4.79 Å². The molecule has 0 atom stereocenters. The number of hydrogen-bond donors (Lipinski definition) is 1. The number of aromatic amines is 1. The van der Waals surface area contributed by atoms with Crippen molar-refractivity contribution in [3.63, 3.8) is 0 Å². The second-order valence-electron chi connectivity index (χ2n) is 2.88. The van der Waals surface area contributed by atoms with Gasteiger partial charge in [0.2, 0.25) is 0 Å². The van der Waals surface area contributed by atoms with E-state index >= 15 is 0 Å². The van der Waals surface area contributed by atoms with Crippen molar-refractivity contribution >= 4 is 5.97 Å². The van der Waals surface area contributed by atoms with Gasteiger partial charge in [0.15, 0.2) is 0 Å². The molecular weight excluding hydrogens is 208 g/mol. The van der Waals surface area contributed by atoms with Crippen LogP contribution in [0.3, 0.4) is 0 Å². The maximum absolute atomic E-state index is 12.3. The lowest BCUT2D eigenvalue weighted by Crippen LogP contribution is -2.18. The van der Waals surface area contributed by atoms with E-state index in [1.807, 2.05) is 0 Å². The number of H-pyrrole nitrogens is 1. The molecule has 6 heteroatoms. The third kappa shape index (κ3) is 2.20. The number of carbonyl (C=O) groups is 1. The summed E-state index contributed by atoms with van der Waals surface area (Å²) in [5.74, 6) is -0.759. The van der Waals surface area contributed by atoms with Crippen LogP contribution in [0.4, 0.5) is 8.78 Å². The van der Waals surface area contributed by atoms with Crippen LogP contribution in [0.2, 0.25) is 0 Å². The molecule has 0 aliphatic carbocycles. The van der Waals surface area contributed by atoms with Crippen LogP contribution in [-0.4, -0.2) is 18.1 Å². The molecule has 0 saturated heterocycles. The summed E-state index contributed by atoms with van der Waals surface area (Å²) in [6, 6.07) is 0.852. The first kappa shape index (κ1) is 11.4. The fourth-order valence-electron chi connectivity index (χ4n) is 1.12. The van der Waals surface area contributed by atoms with Gasteiger partial charge < -0.3 is 9.72 Å². The minimum absolute atomic E-state index is 0.0626. The molecule has 0 amide bonds. The smallest absolute Gasteiger partial charge is 0.339 e. The van der Waals surface area contributed by atoms with Crippen LogP contribution in [0.15, 0.2) is 10.9 Å². The van der Waals surface area contributed by atoms with Crippen LogP contribution in [0.1, 0.15) is 28.0 Å². The fourth-order valence-corrected chi connectivity index (χ4v) is 1.12. The predicted molar refractivity (Wildman–Crippen MR) is 48.1 cm³/mol. The summed E-state index contributed by atoms with van der Waals surface area (Å²) in [5, 5.41) is 0. The van der Waals surface area contributed by atoms with Gasteiger partial charge in [-0.25, -0.2) is 13.6 Å². The highest BCUT2D eigenvalue weighted by molar-refractivity contribution is 5.90. The van der Waals surface area contributed by atoms with E-state index in [4.69, 9.17) is 0 Å². The van der Waals surface area contributed by atoms with Crippen LogP contribution < -0.4 is 5.56 Å². The largest absolute Gasteiger partial charge is 0.465 e. The molecule has 0 aliphatic heterocycles. The number of pyridine rings is 1. The molecule has 1 rings (SSSR count). The normalized spacial score (nSPS) is 10.5. The topological polar surface area (TPSA) is 59.2 Å². The van der Waals surface area contributed by atoms with E-state index < -0.39 is 23.5 Å². The van der Waals surface area contributed by atoms with Crippen LogP contribution in [0.25, 0.3) is 0 Å². The van der Waals surface area contributed by atoms with Crippen LogP contribution >= 0.6 is 0 Å². The monoisotopic (exact) mass is 217 g/mol. The van der Waals surface area contributed by atoms with E-state index in [2.05, 4.69) is 9.72 Å². The molecule has 0 aromatic carbocycles. The number of alkyl halides is 2. The minimum atomic E-state index is -2.92. The SMILES string of the molecule is COC(=O)c1cc(C(F)F)c(=O)[nH]c1C. The van der Waals surface area contributed by atoms with Gasteiger partial charge in [0, 0.05) is 5.69 Å². The third-order valence-corrected chi connectivity index (χ3v) is 1.91. The highest BCUT2D eigenvalue weighted by Crippen LogP contribution is 2.17. The molecule has 1 heterocycles. The van der Waals surface area contributed by atoms with Gasteiger partial charge in [0.25, 0.3) is 12.0 Å². The van der Waals surface area contributed by atoms with Crippen molar-refractivity contribution in [1.82, 2.24) is 4.98 Å². The predicted octanol–water partition coefficient (Wildman–Crippen LogP) is 1.41. The number of methoxy groups -OCH3 is 1. The van der Waals surface area contributed by atoms with Crippen molar-refractivity contribution < 1.29 is 18.3 Å². The van der Waals surface area contributed by atoms with Crippen molar-refractivity contribution in [3.8, 4) is 0 Å². The number of rotatable bonds is 2. The molecule has 1 N–H and O–H groups in total. The van der Waals surface area contributed by atoms with Crippen molar-refractivity contribution in [3.05, 3.63) is 33.2 Å². The first-order chi connectivity index (χ1) is 6.97. The average molecular weight is 217 g/mol. The molecule has 0 spiro atoms. The summed E-state index contributed by atoms with van der Waals surface area (Å²) < 4.78 is 29.1. The first-order valence-corrected chi connectivity index (χ1v) is 4.07.